The Hall–Kier alpha value is -1.51. The van der Waals surface area contributed by atoms with Crippen molar-refractivity contribution in [2.24, 2.45) is 0 Å². The van der Waals surface area contributed by atoms with E-state index in [9.17, 15) is 9.90 Å². The number of benzene rings is 1. The number of aromatic hydroxyl groups is 1. The first-order valence-corrected chi connectivity index (χ1v) is 7.09. The van der Waals surface area contributed by atoms with Gasteiger partial charge in [-0.3, -0.25) is 0 Å². The number of hydrogen-bond acceptors (Lipinski definition) is 3. The Kier molecular flexibility index (Phi) is 6.40. The van der Waals surface area contributed by atoms with Crippen LogP contribution in [0.2, 0.25) is 0 Å². The van der Waals surface area contributed by atoms with Crippen LogP contribution < -0.4 is 0 Å². The van der Waals surface area contributed by atoms with E-state index in [1.165, 1.54) is 19.3 Å². The predicted molar refractivity (Wildman–Crippen MR) is 76.6 cm³/mol. The summed E-state index contributed by atoms with van der Waals surface area (Å²) in [5.74, 6) is -0.408. The molecule has 1 N–H and O–H groups in total. The molecular weight excluding hydrogens is 240 g/mol. The molecule has 1 aromatic carbocycles. The van der Waals surface area contributed by atoms with E-state index in [4.69, 9.17) is 4.74 Å². The van der Waals surface area contributed by atoms with Crippen molar-refractivity contribution in [3.05, 3.63) is 28.8 Å². The molecule has 0 unspecified atom stereocenters. The van der Waals surface area contributed by atoms with E-state index in [-0.39, 0.29) is 11.3 Å². The average Bonchev–Trinajstić information content (AvgIpc) is 2.38. The fourth-order valence-corrected chi connectivity index (χ4v) is 2.12. The second-order valence-corrected chi connectivity index (χ2v) is 4.84. The summed E-state index contributed by atoms with van der Waals surface area (Å²) in [4.78, 5) is 11.8. The number of rotatable bonds is 7. The predicted octanol–water partition coefficient (Wildman–Crippen LogP) is 4.00. The van der Waals surface area contributed by atoms with Gasteiger partial charge in [0.2, 0.25) is 0 Å². The molecule has 0 aliphatic carbocycles. The molecule has 1 aromatic rings. The number of carbonyl (C=O) groups is 1. The van der Waals surface area contributed by atoms with Crippen molar-refractivity contribution in [2.45, 2.75) is 52.9 Å². The third-order valence-electron chi connectivity index (χ3n) is 3.17. The first kappa shape index (κ1) is 15.5. The fourth-order valence-electron chi connectivity index (χ4n) is 2.12. The SMILES string of the molecule is CCCCCCc1cc(C)c(O)c(C(=O)OCC)c1. The third kappa shape index (κ3) is 4.58. The molecule has 0 aromatic heterocycles. The van der Waals surface area contributed by atoms with Gasteiger partial charge >= 0.3 is 5.97 Å². The van der Waals surface area contributed by atoms with Crippen molar-refractivity contribution in [1.29, 1.82) is 0 Å². The molecule has 0 aliphatic heterocycles. The van der Waals surface area contributed by atoms with Crippen LogP contribution in [0.4, 0.5) is 0 Å². The summed E-state index contributed by atoms with van der Waals surface area (Å²) >= 11 is 0. The monoisotopic (exact) mass is 264 g/mol. The zero-order valence-electron chi connectivity index (χ0n) is 12.2. The third-order valence-corrected chi connectivity index (χ3v) is 3.17. The van der Waals surface area contributed by atoms with E-state index in [2.05, 4.69) is 6.92 Å². The molecule has 0 saturated carbocycles. The van der Waals surface area contributed by atoms with E-state index in [0.29, 0.717) is 6.61 Å². The molecule has 0 spiro atoms. The lowest BCUT2D eigenvalue weighted by molar-refractivity contribution is 0.0522. The van der Waals surface area contributed by atoms with Crippen molar-refractivity contribution in [2.75, 3.05) is 6.61 Å². The van der Waals surface area contributed by atoms with Crippen LogP contribution in [0.1, 0.15) is 61.0 Å². The molecule has 0 saturated heterocycles. The highest BCUT2D eigenvalue weighted by atomic mass is 16.5. The molecule has 0 bridgehead atoms. The molecular formula is C16H24O3. The van der Waals surface area contributed by atoms with Gasteiger partial charge in [-0.15, -0.1) is 0 Å². The highest BCUT2D eigenvalue weighted by Gasteiger charge is 2.15. The minimum absolute atomic E-state index is 0.0377. The van der Waals surface area contributed by atoms with Gasteiger partial charge in [0.25, 0.3) is 0 Å². The summed E-state index contributed by atoms with van der Waals surface area (Å²) < 4.78 is 4.96. The highest BCUT2D eigenvalue weighted by Crippen LogP contribution is 2.25. The van der Waals surface area contributed by atoms with Crippen LogP contribution >= 0.6 is 0 Å². The van der Waals surface area contributed by atoms with E-state index in [1.54, 1.807) is 13.0 Å². The molecule has 0 radical (unpaired) electrons. The minimum atomic E-state index is -0.446. The summed E-state index contributed by atoms with van der Waals surface area (Å²) in [5.41, 5.74) is 2.11. The number of phenolic OH excluding ortho intramolecular Hbond substituents is 1. The number of carbonyl (C=O) groups excluding carboxylic acids is 1. The summed E-state index contributed by atoms with van der Waals surface area (Å²) in [7, 11) is 0. The van der Waals surface area contributed by atoms with Crippen LogP contribution in [0.25, 0.3) is 0 Å². The van der Waals surface area contributed by atoms with Gasteiger partial charge in [0, 0.05) is 0 Å². The maximum atomic E-state index is 11.8. The van der Waals surface area contributed by atoms with E-state index >= 15 is 0 Å². The first-order valence-electron chi connectivity index (χ1n) is 7.09. The second-order valence-electron chi connectivity index (χ2n) is 4.84. The summed E-state index contributed by atoms with van der Waals surface area (Å²) in [6.45, 7) is 6.08. The average molecular weight is 264 g/mol. The Morgan fingerprint density at radius 1 is 1.21 bits per heavy atom. The van der Waals surface area contributed by atoms with E-state index < -0.39 is 5.97 Å². The number of ether oxygens (including phenoxy) is 1. The molecule has 3 nitrogen and oxygen atoms in total. The summed E-state index contributed by atoms with van der Waals surface area (Å²) in [5, 5.41) is 9.93. The number of hydrogen-bond donors (Lipinski definition) is 1. The molecule has 106 valence electrons. The topological polar surface area (TPSA) is 46.5 Å². The molecule has 0 aliphatic rings. The van der Waals surface area contributed by atoms with Gasteiger partial charge in [0.05, 0.1) is 6.61 Å². The van der Waals surface area contributed by atoms with Crippen LogP contribution in [0.5, 0.6) is 5.75 Å². The zero-order chi connectivity index (χ0) is 14.3. The van der Waals surface area contributed by atoms with Crippen molar-refractivity contribution in [3.8, 4) is 5.75 Å². The molecule has 0 amide bonds. The smallest absolute Gasteiger partial charge is 0.341 e. The van der Waals surface area contributed by atoms with Gasteiger partial charge in [-0.2, -0.15) is 0 Å². The lowest BCUT2D eigenvalue weighted by Crippen LogP contribution is -2.06. The van der Waals surface area contributed by atoms with Crippen molar-refractivity contribution >= 4 is 5.97 Å². The normalized spacial score (nSPS) is 10.5. The van der Waals surface area contributed by atoms with Crippen LogP contribution in [-0.2, 0) is 11.2 Å². The second kappa shape index (κ2) is 7.82. The van der Waals surface area contributed by atoms with Gasteiger partial charge in [0.1, 0.15) is 11.3 Å². The molecule has 0 atom stereocenters. The molecule has 19 heavy (non-hydrogen) atoms. The lowest BCUT2D eigenvalue weighted by Gasteiger charge is -2.10. The Morgan fingerprint density at radius 2 is 1.95 bits per heavy atom. The quantitative estimate of drug-likeness (QED) is 0.598. The van der Waals surface area contributed by atoms with Gasteiger partial charge < -0.3 is 9.84 Å². The van der Waals surface area contributed by atoms with Crippen LogP contribution in [0.15, 0.2) is 12.1 Å². The number of phenols is 1. The first-order chi connectivity index (χ1) is 9.10. The zero-order valence-corrected chi connectivity index (χ0v) is 12.2. The molecule has 1 rings (SSSR count). The van der Waals surface area contributed by atoms with Crippen LogP contribution in [0, 0.1) is 6.92 Å². The number of aryl methyl sites for hydroxylation is 2. The Bertz CT molecular complexity index is 424. The van der Waals surface area contributed by atoms with Crippen molar-refractivity contribution < 1.29 is 14.6 Å². The minimum Gasteiger partial charge on any atom is -0.507 e. The fraction of sp³-hybridized carbons (Fsp3) is 0.562. The Labute approximate surface area is 115 Å². The Balaban J connectivity index is 2.81. The van der Waals surface area contributed by atoms with E-state index in [1.807, 2.05) is 13.0 Å². The van der Waals surface area contributed by atoms with E-state index in [0.717, 1.165) is 24.0 Å². The van der Waals surface area contributed by atoms with Crippen LogP contribution in [0.3, 0.4) is 0 Å². The highest BCUT2D eigenvalue weighted by molar-refractivity contribution is 5.93. The van der Waals surface area contributed by atoms with Crippen LogP contribution in [-0.4, -0.2) is 17.7 Å². The maximum Gasteiger partial charge on any atom is 0.341 e. The summed E-state index contributed by atoms with van der Waals surface area (Å²) in [6, 6.07) is 3.70. The molecule has 3 heteroatoms. The van der Waals surface area contributed by atoms with Crippen molar-refractivity contribution in [1.82, 2.24) is 0 Å². The standard InChI is InChI=1S/C16H24O3/c1-4-6-7-8-9-13-10-12(3)15(17)14(11-13)16(18)19-5-2/h10-11,17H,4-9H2,1-3H3. The maximum absolute atomic E-state index is 11.8. The van der Waals surface area contributed by atoms with Gasteiger partial charge in [-0.1, -0.05) is 32.3 Å². The molecule has 0 fully saturated rings. The lowest BCUT2D eigenvalue weighted by atomic mass is 10.00. The number of unbranched alkanes of at least 4 members (excludes halogenated alkanes) is 3. The Morgan fingerprint density at radius 3 is 2.58 bits per heavy atom. The van der Waals surface area contributed by atoms with Gasteiger partial charge in [0.15, 0.2) is 0 Å². The van der Waals surface area contributed by atoms with Crippen molar-refractivity contribution in [3.63, 3.8) is 0 Å². The number of esters is 1. The van der Waals surface area contributed by atoms with Gasteiger partial charge in [-0.05, 0) is 43.9 Å². The summed E-state index contributed by atoms with van der Waals surface area (Å²) in [6.07, 6.45) is 5.70. The molecule has 0 heterocycles. The largest absolute Gasteiger partial charge is 0.507 e. The van der Waals surface area contributed by atoms with Gasteiger partial charge in [-0.25, -0.2) is 4.79 Å².